The van der Waals surface area contributed by atoms with Gasteiger partial charge in [-0.2, -0.15) is 0 Å². The summed E-state index contributed by atoms with van der Waals surface area (Å²) in [6, 6.07) is 14.9. The number of nitrogens with zero attached hydrogens (tertiary/aromatic N) is 2. The van der Waals surface area contributed by atoms with Crippen molar-refractivity contribution in [3.8, 4) is 0 Å². The number of hydrogen-bond donors (Lipinski definition) is 0. The Balaban J connectivity index is 1.53. The lowest BCUT2D eigenvalue weighted by atomic mass is 10.1. The molecule has 0 unspecified atom stereocenters. The lowest BCUT2D eigenvalue weighted by Gasteiger charge is -2.21. The zero-order valence-electron chi connectivity index (χ0n) is 17.3. The van der Waals surface area contributed by atoms with Gasteiger partial charge in [0, 0.05) is 5.56 Å². The largest absolute Gasteiger partial charge is 0.303 e. The zero-order valence-corrected chi connectivity index (χ0v) is 19.7. The minimum absolute atomic E-state index is 0.0483. The Hall–Kier alpha value is -2.49. The molecule has 1 atom stereocenters. The maximum Gasteiger partial charge on any atom is 0.267 e. The molecule has 9 heteroatoms. The van der Waals surface area contributed by atoms with Crippen molar-refractivity contribution < 1.29 is 18.0 Å². The highest BCUT2D eigenvalue weighted by Crippen LogP contribution is 2.46. The Bertz CT molecular complexity index is 1300. The molecule has 0 aromatic heterocycles. The quantitative estimate of drug-likeness (QED) is 0.492. The highest BCUT2D eigenvalue weighted by atomic mass is 32.2. The van der Waals surface area contributed by atoms with Crippen molar-refractivity contribution in [2.45, 2.75) is 25.9 Å². The Labute approximate surface area is 196 Å². The molecular weight excluding hydrogens is 464 g/mol. The normalized spacial score (nSPS) is 24.5. The van der Waals surface area contributed by atoms with E-state index in [2.05, 4.69) is 0 Å². The summed E-state index contributed by atoms with van der Waals surface area (Å²) in [6.45, 7) is 2.40. The predicted molar refractivity (Wildman–Crippen MR) is 130 cm³/mol. The number of rotatable bonds is 3. The van der Waals surface area contributed by atoms with Crippen LogP contribution in [0.5, 0.6) is 0 Å². The van der Waals surface area contributed by atoms with Crippen molar-refractivity contribution in [2.24, 2.45) is 0 Å². The molecule has 5 rings (SSSR count). The van der Waals surface area contributed by atoms with Crippen LogP contribution in [0.3, 0.4) is 0 Å². The van der Waals surface area contributed by atoms with Crippen LogP contribution in [0.4, 0.5) is 5.69 Å². The first kappa shape index (κ1) is 21.4. The van der Waals surface area contributed by atoms with Crippen LogP contribution in [0.1, 0.15) is 23.1 Å². The number of carbonyl (C=O) groups is 2. The van der Waals surface area contributed by atoms with Gasteiger partial charge >= 0.3 is 0 Å². The third-order valence-electron chi connectivity index (χ3n) is 5.98. The van der Waals surface area contributed by atoms with Gasteiger partial charge in [-0.1, -0.05) is 72.0 Å². The average Bonchev–Trinajstić information content (AvgIpc) is 3.35. The van der Waals surface area contributed by atoms with Gasteiger partial charge in [-0.25, -0.2) is 8.42 Å². The highest BCUT2D eigenvalue weighted by molar-refractivity contribution is 8.26. The zero-order chi connectivity index (χ0) is 22.6. The summed E-state index contributed by atoms with van der Waals surface area (Å²) in [4.78, 5) is 30.3. The topological polar surface area (TPSA) is 74.8 Å². The summed E-state index contributed by atoms with van der Waals surface area (Å²) in [5.74, 6) is -0.664. The number of fused-ring (bicyclic) bond motifs is 1. The molecule has 2 fully saturated rings. The lowest BCUT2D eigenvalue weighted by molar-refractivity contribution is -0.123. The van der Waals surface area contributed by atoms with Crippen LogP contribution < -0.4 is 4.90 Å². The van der Waals surface area contributed by atoms with Gasteiger partial charge in [0.05, 0.1) is 40.3 Å². The smallest absolute Gasteiger partial charge is 0.267 e. The van der Waals surface area contributed by atoms with E-state index in [1.54, 1.807) is 4.90 Å². The molecule has 0 saturated carbocycles. The molecule has 0 spiro atoms. The predicted octanol–water partition coefficient (Wildman–Crippen LogP) is 3.30. The second-order valence-corrected chi connectivity index (χ2v) is 12.1. The lowest BCUT2D eigenvalue weighted by Crippen LogP contribution is -2.39. The molecule has 2 saturated heterocycles. The van der Waals surface area contributed by atoms with Gasteiger partial charge in [-0.3, -0.25) is 14.5 Å². The maximum atomic E-state index is 13.5. The SMILES string of the molecule is Cc1ccc(CN2C(=O)/C(=C3\SC(=S)N([C@H]4CCS(=O)(=O)C4)C3=O)c3ccccc32)cc1. The number of amides is 2. The van der Waals surface area contributed by atoms with Gasteiger partial charge in [0.25, 0.3) is 11.8 Å². The Morgan fingerprint density at radius 3 is 2.47 bits per heavy atom. The summed E-state index contributed by atoms with van der Waals surface area (Å²) >= 11 is 6.53. The van der Waals surface area contributed by atoms with Crippen LogP contribution >= 0.6 is 24.0 Å². The summed E-state index contributed by atoms with van der Waals surface area (Å²) in [6.07, 6.45) is 0.363. The van der Waals surface area contributed by atoms with Crippen molar-refractivity contribution >= 4 is 61.2 Å². The van der Waals surface area contributed by atoms with E-state index in [1.807, 2.05) is 55.5 Å². The van der Waals surface area contributed by atoms with Crippen molar-refractivity contribution in [3.05, 3.63) is 70.1 Å². The molecule has 0 aliphatic carbocycles. The van der Waals surface area contributed by atoms with Gasteiger partial charge in [-0.05, 0) is 25.0 Å². The molecule has 2 amide bonds. The van der Waals surface area contributed by atoms with Gasteiger partial charge in [-0.15, -0.1) is 0 Å². The fourth-order valence-electron chi connectivity index (χ4n) is 4.36. The van der Waals surface area contributed by atoms with Gasteiger partial charge in [0.2, 0.25) is 0 Å². The average molecular weight is 485 g/mol. The van der Waals surface area contributed by atoms with E-state index in [-0.39, 0.29) is 28.2 Å². The second-order valence-electron chi connectivity index (χ2n) is 8.20. The number of anilines is 1. The fraction of sp³-hybridized carbons (Fsp3) is 0.261. The van der Waals surface area contributed by atoms with Gasteiger partial charge in [0.1, 0.15) is 4.32 Å². The fourth-order valence-corrected chi connectivity index (χ4v) is 7.53. The van der Waals surface area contributed by atoms with Crippen molar-refractivity contribution in [2.75, 3.05) is 16.4 Å². The molecule has 3 heterocycles. The van der Waals surface area contributed by atoms with E-state index in [4.69, 9.17) is 12.2 Å². The minimum Gasteiger partial charge on any atom is -0.303 e. The molecule has 2 aromatic carbocycles. The van der Waals surface area contributed by atoms with E-state index in [9.17, 15) is 18.0 Å². The van der Waals surface area contributed by atoms with E-state index < -0.39 is 15.9 Å². The number of para-hydroxylation sites is 1. The van der Waals surface area contributed by atoms with Crippen LogP contribution in [-0.4, -0.2) is 47.0 Å². The summed E-state index contributed by atoms with van der Waals surface area (Å²) in [7, 11) is -3.18. The second kappa shape index (κ2) is 7.83. The Morgan fingerprint density at radius 2 is 1.78 bits per heavy atom. The van der Waals surface area contributed by atoms with Crippen LogP contribution in [-0.2, 0) is 26.0 Å². The number of thioether (sulfide) groups is 1. The van der Waals surface area contributed by atoms with E-state index in [0.29, 0.717) is 28.4 Å². The molecule has 0 bridgehead atoms. The Morgan fingerprint density at radius 1 is 1.06 bits per heavy atom. The molecule has 0 radical (unpaired) electrons. The first-order chi connectivity index (χ1) is 15.2. The molecule has 0 N–H and O–H groups in total. The molecule has 3 aliphatic heterocycles. The van der Waals surface area contributed by atoms with Gasteiger partial charge in [0.15, 0.2) is 9.84 Å². The molecular formula is C23H20N2O4S3. The third kappa shape index (κ3) is 3.58. The standard InChI is InChI=1S/C23H20N2O4S3/c1-14-6-8-15(9-7-14)12-24-18-5-3-2-4-17(18)19(21(24)26)20-22(27)25(23(30)31-20)16-10-11-32(28,29)13-16/h2-9,16H,10-13H2,1H3/b20-19-/t16-/m0/s1. The number of thiocarbonyl (C=S) groups is 1. The number of aryl methyl sites for hydroxylation is 1. The summed E-state index contributed by atoms with van der Waals surface area (Å²) < 4.78 is 24.2. The number of sulfone groups is 1. The van der Waals surface area contributed by atoms with Crippen molar-refractivity contribution in [3.63, 3.8) is 0 Å². The van der Waals surface area contributed by atoms with E-state index in [0.717, 1.165) is 28.6 Å². The molecule has 2 aromatic rings. The monoisotopic (exact) mass is 484 g/mol. The highest BCUT2D eigenvalue weighted by Gasteiger charge is 2.46. The molecule has 3 aliphatic rings. The van der Waals surface area contributed by atoms with Gasteiger partial charge < -0.3 is 4.90 Å². The van der Waals surface area contributed by atoms with Crippen LogP contribution in [0.25, 0.3) is 5.57 Å². The van der Waals surface area contributed by atoms with Crippen LogP contribution in [0.15, 0.2) is 53.4 Å². The first-order valence-corrected chi connectivity index (χ1v) is 13.3. The molecule has 32 heavy (non-hydrogen) atoms. The minimum atomic E-state index is -3.18. The maximum absolute atomic E-state index is 13.5. The molecule has 6 nitrogen and oxygen atoms in total. The number of benzene rings is 2. The Kier molecular flexibility index (Phi) is 5.22. The summed E-state index contributed by atoms with van der Waals surface area (Å²) in [5, 5.41) is 0. The van der Waals surface area contributed by atoms with E-state index >= 15 is 0 Å². The van der Waals surface area contributed by atoms with Crippen LogP contribution in [0, 0.1) is 6.92 Å². The van der Waals surface area contributed by atoms with Crippen molar-refractivity contribution in [1.82, 2.24) is 4.90 Å². The number of hydrogen-bond acceptors (Lipinski definition) is 6. The molecule has 164 valence electrons. The van der Waals surface area contributed by atoms with Crippen molar-refractivity contribution in [1.29, 1.82) is 0 Å². The van der Waals surface area contributed by atoms with Crippen LogP contribution in [0.2, 0.25) is 0 Å². The third-order valence-corrected chi connectivity index (χ3v) is 9.14. The van der Waals surface area contributed by atoms with E-state index in [1.165, 1.54) is 4.90 Å². The first-order valence-electron chi connectivity index (χ1n) is 10.2. The number of carbonyl (C=O) groups excluding carboxylic acids is 2. The summed E-state index contributed by atoms with van der Waals surface area (Å²) in [5.41, 5.74) is 3.92.